The lowest BCUT2D eigenvalue weighted by Crippen LogP contribution is -2.50. The number of para-hydroxylation sites is 1. The Balaban J connectivity index is 1.31. The highest BCUT2D eigenvalue weighted by atomic mass is 79.9. The average Bonchev–Trinajstić information content (AvgIpc) is 3.21. The SMILES string of the molecule is O=C(CN1CCN(CCc2cccs2)CC1)NCC(=O)Nc1ccccc1Br. The number of hydrogen-bond donors (Lipinski definition) is 2. The first-order valence-electron chi connectivity index (χ1n) is 9.38. The molecule has 0 bridgehead atoms. The van der Waals surface area contributed by atoms with E-state index in [2.05, 4.69) is 53.9 Å². The third-order valence-corrected chi connectivity index (χ3v) is 6.31. The Morgan fingerprint density at radius 1 is 1.00 bits per heavy atom. The summed E-state index contributed by atoms with van der Waals surface area (Å²) in [6.45, 7) is 5.07. The van der Waals surface area contributed by atoms with Crippen LogP contribution in [0, 0.1) is 0 Å². The summed E-state index contributed by atoms with van der Waals surface area (Å²) in [5.74, 6) is -0.354. The molecule has 1 aromatic carbocycles. The second-order valence-corrected chi connectivity index (χ2v) is 8.64. The molecule has 2 aromatic rings. The van der Waals surface area contributed by atoms with E-state index in [4.69, 9.17) is 0 Å². The van der Waals surface area contributed by atoms with Crippen LogP contribution in [0.2, 0.25) is 0 Å². The van der Waals surface area contributed by atoms with Crippen LogP contribution in [0.15, 0.2) is 46.3 Å². The monoisotopic (exact) mass is 464 g/mol. The molecule has 1 saturated heterocycles. The molecular formula is C20H25BrN4O2S. The second-order valence-electron chi connectivity index (χ2n) is 6.75. The molecule has 0 atom stereocenters. The summed E-state index contributed by atoms with van der Waals surface area (Å²) in [4.78, 5) is 30.2. The predicted molar refractivity (Wildman–Crippen MR) is 117 cm³/mol. The molecule has 28 heavy (non-hydrogen) atoms. The van der Waals surface area contributed by atoms with E-state index in [-0.39, 0.29) is 18.4 Å². The molecule has 1 aliphatic heterocycles. The van der Waals surface area contributed by atoms with Gasteiger partial charge >= 0.3 is 0 Å². The number of nitrogens with zero attached hydrogens (tertiary/aromatic N) is 2. The van der Waals surface area contributed by atoms with Gasteiger partial charge in [0.05, 0.1) is 18.8 Å². The third-order valence-electron chi connectivity index (χ3n) is 4.68. The highest BCUT2D eigenvalue weighted by Gasteiger charge is 2.19. The van der Waals surface area contributed by atoms with Crippen LogP contribution < -0.4 is 10.6 Å². The highest BCUT2D eigenvalue weighted by molar-refractivity contribution is 9.10. The van der Waals surface area contributed by atoms with Gasteiger partial charge in [0.15, 0.2) is 0 Å². The lowest BCUT2D eigenvalue weighted by molar-refractivity contribution is -0.125. The van der Waals surface area contributed by atoms with Crippen LogP contribution >= 0.6 is 27.3 Å². The van der Waals surface area contributed by atoms with Crippen LogP contribution in [-0.2, 0) is 16.0 Å². The van der Waals surface area contributed by atoms with Crippen LogP contribution in [-0.4, -0.2) is 67.4 Å². The van der Waals surface area contributed by atoms with Gasteiger partial charge in [0.1, 0.15) is 0 Å². The molecule has 0 saturated carbocycles. The molecule has 0 unspecified atom stereocenters. The van der Waals surface area contributed by atoms with Crippen molar-refractivity contribution in [2.45, 2.75) is 6.42 Å². The number of nitrogens with one attached hydrogen (secondary N) is 2. The quantitative estimate of drug-likeness (QED) is 0.629. The average molecular weight is 465 g/mol. The fourth-order valence-corrected chi connectivity index (χ4v) is 4.17. The van der Waals surface area contributed by atoms with E-state index in [1.807, 2.05) is 24.3 Å². The maximum Gasteiger partial charge on any atom is 0.243 e. The van der Waals surface area contributed by atoms with Gasteiger partial charge in [-0.1, -0.05) is 18.2 Å². The maximum atomic E-state index is 12.1. The summed E-state index contributed by atoms with van der Waals surface area (Å²) in [7, 11) is 0. The minimum atomic E-state index is -0.237. The number of piperazine rings is 1. The van der Waals surface area contributed by atoms with Crippen molar-refractivity contribution < 1.29 is 9.59 Å². The number of halogens is 1. The molecule has 1 fully saturated rings. The van der Waals surface area contributed by atoms with Crippen LogP contribution in [0.1, 0.15) is 4.88 Å². The van der Waals surface area contributed by atoms with Crippen molar-refractivity contribution in [2.75, 3.05) is 51.1 Å². The fourth-order valence-electron chi connectivity index (χ4n) is 3.09. The molecule has 1 aromatic heterocycles. The number of rotatable bonds is 8. The second kappa shape index (κ2) is 10.7. The first-order valence-corrected chi connectivity index (χ1v) is 11.1. The van der Waals surface area contributed by atoms with Gasteiger partial charge in [-0.3, -0.25) is 14.5 Å². The molecule has 2 N–H and O–H groups in total. The first-order chi connectivity index (χ1) is 13.6. The van der Waals surface area contributed by atoms with Crippen molar-refractivity contribution in [1.82, 2.24) is 15.1 Å². The Morgan fingerprint density at radius 3 is 2.46 bits per heavy atom. The van der Waals surface area contributed by atoms with Crippen LogP contribution in [0.3, 0.4) is 0 Å². The van der Waals surface area contributed by atoms with Crippen LogP contribution in [0.5, 0.6) is 0 Å². The zero-order valence-electron chi connectivity index (χ0n) is 15.7. The van der Waals surface area contributed by atoms with Gasteiger partial charge < -0.3 is 15.5 Å². The molecule has 2 heterocycles. The van der Waals surface area contributed by atoms with Gasteiger partial charge in [0.2, 0.25) is 11.8 Å². The number of benzene rings is 1. The summed E-state index contributed by atoms with van der Waals surface area (Å²) in [5.41, 5.74) is 0.695. The summed E-state index contributed by atoms with van der Waals surface area (Å²) in [6.07, 6.45) is 1.09. The lowest BCUT2D eigenvalue weighted by Gasteiger charge is -2.34. The molecule has 8 heteroatoms. The van der Waals surface area contributed by atoms with Gasteiger partial charge in [0, 0.05) is 42.1 Å². The van der Waals surface area contributed by atoms with E-state index >= 15 is 0 Å². The molecule has 6 nitrogen and oxygen atoms in total. The Bertz CT molecular complexity index is 776. The normalized spacial score (nSPS) is 15.3. The Labute approximate surface area is 178 Å². The van der Waals surface area contributed by atoms with E-state index in [0.717, 1.165) is 43.6 Å². The smallest absolute Gasteiger partial charge is 0.243 e. The Hall–Kier alpha value is -1.74. The van der Waals surface area contributed by atoms with E-state index in [9.17, 15) is 9.59 Å². The molecule has 0 aliphatic carbocycles. The van der Waals surface area contributed by atoms with Crippen molar-refractivity contribution in [3.05, 3.63) is 51.1 Å². The van der Waals surface area contributed by atoms with Crippen molar-refractivity contribution in [2.24, 2.45) is 0 Å². The van der Waals surface area contributed by atoms with E-state index in [1.54, 1.807) is 11.3 Å². The van der Waals surface area contributed by atoms with E-state index in [0.29, 0.717) is 12.2 Å². The molecule has 0 radical (unpaired) electrons. The Kier molecular flexibility index (Phi) is 8.02. The minimum absolute atomic E-state index is 0.0268. The van der Waals surface area contributed by atoms with Crippen LogP contribution in [0.4, 0.5) is 5.69 Å². The zero-order chi connectivity index (χ0) is 19.8. The number of anilines is 1. The van der Waals surface area contributed by atoms with Gasteiger partial charge in [-0.15, -0.1) is 11.3 Å². The summed E-state index contributed by atoms with van der Waals surface area (Å²) >= 11 is 5.19. The summed E-state index contributed by atoms with van der Waals surface area (Å²) < 4.78 is 0.812. The largest absolute Gasteiger partial charge is 0.346 e. The van der Waals surface area contributed by atoms with Crippen molar-refractivity contribution in [3.63, 3.8) is 0 Å². The molecular weight excluding hydrogens is 440 g/mol. The molecule has 0 spiro atoms. The van der Waals surface area contributed by atoms with Crippen LogP contribution in [0.25, 0.3) is 0 Å². The van der Waals surface area contributed by atoms with E-state index < -0.39 is 0 Å². The first kappa shape index (κ1) is 21.0. The third kappa shape index (κ3) is 6.70. The Morgan fingerprint density at radius 2 is 1.75 bits per heavy atom. The van der Waals surface area contributed by atoms with Crippen molar-refractivity contribution >= 4 is 44.8 Å². The summed E-state index contributed by atoms with van der Waals surface area (Å²) in [6, 6.07) is 11.7. The predicted octanol–water partition coefficient (Wildman–Crippen LogP) is 2.43. The minimum Gasteiger partial charge on any atom is -0.346 e. The highest BCUT2D eigenvalue weighted by Crippen LogP contribution is 2.20. The van der Waals surface area contributed by atoms with E-state index in [1.165, 1.54) is 4.88 Å². The zero-order valence-corrected chi connectivity index (χ0v) is 18.1. The molecule has 3 rings (SSSR count). The topological polar surface area (TPSA) is 64.7 Å². The molecule has 150 valence electrons. The number of carbonyl (C=O) groups excluding carboxylic acids is 2. The van der Waals surface area contributed by atoms with Crippen molar-refractivity contribution in [3.8, 4) is 0 Å². The molecule has 1 aliphatic rings. The number of amides is 2. The maximum absolute atomic E-state index is 12.1. The lowest BCUT2D eigenvalue weighted by atomic mass is 10.2. The number of carbonyl (C=O) groups is 2. The van der Waals surface area contributed by atoms with Gasteiger partial charge in [-0.25, -0.2) is 0 Å². The standard InChI is InChI=1S/C20H25BrN4O2S/c21-17-5-1-2-6-18(17)23-19(26)14-22-20(27)15-25-11-9-24(10-12-25)8-7-16-4-3-13-28-16/h1-6,13H,7-12,14-15H2,(H,22,27)(H,23,26). The summed E-state index contributed by atoms with van der Waals surface area (Å²) in [5, 5.41) is 7.60. The van der Waals surface area contributed by atoms with Gasteiger partial charge in [-0.05, 0) is 45.9 Å². The number of hydrogen-bond acceptors (Lipinski definition) is 5. The molecule has 2 amide bonds. The van der Waals surface area contributed by atoms with Crippen molar-refractivity contribution in [1.29, 1.82) is 0 Å². The van der Waals surface area contributed by atoms with Gasteiger partial charge in [0.25, 0.3) is 0 Å². The number of thiophene rings is 1. The van der Waals surface area contributed by atoms with Gasteiger partial charge in [-0.2, -0.15) is 0 Å². The fraction of sp³-hybridized carbons (Fsp3) is 0.400.